The van der Waals surface area contributed by atoms with E-state index in [2.05, 4.69) is 5.32 Å². The van der Waals surface area contributed by atoms with Crippen LogP contribution in [-0.4, -0.2) is 20.6 Å². The molecule has 0 atom stereocenters. The molecule has 106 valence electrons. The van der Waals surface area contributed by atoms with Crippen molar-refractivity contribution in [2.45, 2.75) is 38.5 Å². The lowest BCUT2D eigenvalue weighted by atomic mass is 10.0. The molecule has 0 aliphatic rings. The van der Waals surface area contributed by atoms with Gasteiger partial charge in [0.15, 0.2) is 9.84 Å². The summed E-state index contributed by atoms with van der Waals surface area (Å²) in [5.74, 6) is -0.0193. The van der Waals surface area contributed by atoms with E-state index in [0.29, 0.717) is 5.69 Å². The van der Waals surface area contributed by atoms with Crippen molar-refractivity contribution < 1.29 is 13.2 Å². The molecule has 1 amide bonds. The van der Waals surface area contributed by atoms with E-state index in [1.165, 1.54) is 12.3 Å². The third-order valence-corrected chi connectivity index (χ3v) is 4.35. The van der Waals surface area contributed by atoms with Gasteiger partial charge in [0, 0.05) is 17.9 Å². The van der Waals surface area contributed by atoms with Crippen LogP contribution in [0.4, 0.5) is 5.69 Å². The second-order valence-electron chi connectivity index (χ2n) is 4.75. The molecule has 1 rings (SSSR count). The van der Waals surface area contributed by atoms with Crippen LogP contribution < -0.4 is 5.32 Å². The van der Waals surface area contributed by atoms with Gasteiger partial charge in [-0.2, -0.15) is 0 Å². The highest BCUT2D eigenvalue weighted by atomic mass is 32.2. The number of carbonyl (C=O) groups excluding carboxylic acids is 1. The Bertz CT molecular complexity index is 560. The summed E-state index contributed by atoms with van der Waals surface area (Å²) in [6.45, 7) is 5.75. The second-order valence-corrected chi connectivity index (χ2v) is 6.77. The number of sulfone groups is 1. The molecule has 0 aliphatic carbocycles. The average molecular weight is 283 g/mol. The predicted molar refractivity (Wildman–Crippen MR) is 77.0 cm³/mol. The van der Waals surface area contributed by atoms with Crippen LogP contribution in [0.25, 0.3) is 0 Å². The molecule has 0 heterocycles. The molecule has 0 saturated heterocycles. The summed E-state index contributed by atoms with van der Waals surface area (Å²) in [6.07, 6.45) is 2.76. The van der Waals surface area contributed by atoms with Gasteiger partial charge in [0.1, 0.15) is 0 Å². The molecule has 1 aromatic rings. The lowest BCUT2D eigenvalue weighted by Gasteiger charge is -2.14. The van der Waals surface area contributed by atoms with E-state index < -0.39 is 9.84 Å². The number of anilines is 1. The maximum Gasteiger partial charge on any atom is 0.227 e. The van der Waals surface area contributed by atoms with Crippen LogP contribution in [0.3, 0.4) is 0 Å². The van der Waals surface area contributed by atoms with Gasteiger partial charge in [-0.3, -0.25) is 4.79 Å². The summed E-state index contributed by atoms with van der Waals surface area (Å²) in [5.41, 5.74) is 1.42. The standard InChI is InChI=1S/C14H21NO3S/c1-5-11(6-2)14(16)15-13-8-7-12(9-10(13)3)19(4,17)18/h7-9,11H,5-6H2,1-4H3,(H,15,16). The summed E-state index contributed by atoms with van der Waals surface area (Å²) in [5, 5.41) is 2.86. The molecular weight excluding hydrogens is 262 g/mol. The highest BCUT2D eigenvalue weighted by Gasteiger charge is 2.16. The van der Waals surface area contributed by atoms with E-state index in [1.54, 1.807) is 19.1 Å². The Kier molecular flexibility index (Phi) is 5.11. The number of nitrogens with one attached hydrogen (secondary N) is 1. The number of hydrogen-bond acceptors (Lipinski definition) is 3. The number of hydrogen-bond donors (Lipinski definition) is 1. The zero-order valence-corrected chi connectivity index (χ0v) is 12.7. The van der Waals surface area contributed by atoms with Gasteiger partial charge < -0.3 is 5.32 Å². The number of rotatable bonds is 5. The summed E-state index contributed by atoms with van der Waals surface area (Å²) in [6, 6.07) is 4.74. The van der Waals surface area contributed by atoms with Crippen LogP contribution in [-0.2, 0) is 14.6 Å². The number of aryl methyl sites for hydroxylation is 1. The summed E-state index contributed by atoms with van der Waals surface area (Å²) >= 11 is 0. The molecule has 0 bridgehead atoms. The van der Waals surface area contributed by atoms with Gasteiger partial charge in [-0.05, 0) is 43.5 Å². The maximum absolute atomic E-state index is 12.0. The average Bonchev–Trinajstić information content (AvgIpc) is 2.32. The van der Waals surface area contributed by atoms with Gasteiger partial charge in [0.05, 0.1) is 4.90 Å². The van der Waals surface area contributed by atoms with Crippen LogP contribution in [0.15, 0.2) is 23.1 Å². The molecule has 0 saturated carbocycles. The molecule has 0 fully saturated rings. The van der Waals surface area contributed by atoms with Crippen LogP contribution in [0.1, 0.15) is 32.3 Å². The van der Waals surface area contributed by atoms with E-state index >= 15 is 0 Å². The van der Waals surface area contributed by atoms with E-state index in [-0.39, 0.29) is 16.7 Å². The summed E-state index contributed by atoms with van der Waals surface area (Å²) in [7, 11) is -3.21. The first-order valence-electron chi connectivity index (χ1n) is 6.41. The predicted octanol–water partition coefficient (Wildman–Crippen LogP) is 2.77. The normalized spacial score (nSPS) is 11.6. The van der Waals surface area contributed by atoms with E-state index in [1.807, 2.05) is 13.8 Å². The minimum atomic E-state index is -3.21. The Morgan fingerprint density at radius 1 is 1.26 bits per heavy atom. The fraction of sp³-hybridized carbons (Fsp3) is 0.500. The molecule has 1 N–H and O–H groups in total. The summed E-state index contributed by atoms with van der Waals surface area (Å²) in [4.78, 5) is 12.2. The molecule has 0 aliphatic heterocycles. The Morgan fingerprint density at radius 3 is 2.26 bits per heavy atom. The largest absolute Gasteiger partial charge is 0.326 e. The highest BCUT2D eigenvalue weighted by Crippen LogP contribution is 2.21. The minimum absolute atomic E-state index is 0.00557. The Labute approximate surface area is 115 Å². The molecule has 4 nitrogen and oxygen atoms in total. The Hall–Kier alpha value is -1.36. The van der Waals surface area contributed by atoms with Crippen molar-refractivity contribution in [1.82, 2.24) is 0 Å². The smallest absolute Gasteiger partial charge is 0.227 e. The highest BCUT2D eigenvalue weighted by molar-refractivity contribution is 7.90. The molecule has 19 heavy (non-hydrogen) atoms. The molecular formula is C14H21NO3S. The van der Waals surface area contributed by atoms with Crippen molar-refractivity contribution in [2.75, 3.05) is 11.6 Å². The first-order chi connectivity index (χ1) is 8.79. The van der Waals surface area contributed by atoms with Gasteiger partial charge >= 0.3 is 0 Å². The van der Waals surface area contributed by atoms with Crippen molar-refractivity contribution >= 4 is 21.4 Å². The van der Waals surface area contributed by atoms with Gasteiger partial charge in [0.2, 0.25) is 5.91 Å². The zero-order chi connectivity index (χ0) is 14.6. The number of benzene rings is 1. The van der Waals surface area contributed by atoms with Crippen molar-refractivity contribution in [3.05, 3.63) is 23.8 Å². The van der Waals surface area contributed by atoms with Crippen LogP contribution in [0, 0.1) is 12.8 Å². The van der Waals surface area contributed by atoms with Crippen LogP contribution in [0.2, 0.25) is 0 Å². The Balaban J connectivity index is 2.96. The molecule has 0 spiro atoms. The third kappa shape index (κ3) is 4.06. The quantitative estimate of drug-likeness (QED) is 0.903. The Morgan fingerprint density at radius 2 is 1.84 bits per heavy atom. The second kappa shape index (κ2) is 6.19. The minimum Gasteiger partial charge on any atom is -0.326 e. The van der Waals surface area contributed by atoms with Crippen molar-refractivity contribution in [1.29, 1.82) is 0 Å². The third-order valence-electron chi connectivity index (χ3n) is 3.24. The SMILES string of the molecule is CCC(CC)C(=O)Nc1ccc(S(C)(=O)=O)cc1C. The lowest BCUT2D eigenvalue weighted by Crippen LogP contribution is -2.22. The first-order valence-corrected chi connectivity index (χ1v) is 8.30. The van der Waals surface area contributed by atoms with Crippen molar-refractivity contribution in [3.63, 3.8) is 0 Å². The van der Waals surface area contributed by atoms with Crippen molar-refractivity contribution in [3.8, 4) is 0 Å². The first kappa shape index (κ1) is 15.7. The van der Waals surface area contributed by atoms with Crippen LogP contribution in [0.5, 0.6) is 0 Å². The van der Waals surface area contributed by atoms with Gasteiger partial charge in [-0.1, -0.05) is 13.8 Å². The topological polar surface area (TPSA) is 63.2 Å². The fourth-order valence-corrected chi connectivity index (χ4v) is 2.61. The monoisotopic (exact) mass is 283 g/mol. The maximum atomic E-state index is 12.0. The van der Waals surface area contributed by atoms with E-state index in [4.69, 9.17) is 0 Å². The fourth-order valence-electron chi connectivity index (χ4n) is 1.90. The van der Waals surface area contributed by atoms with E-state index in [9.17, 15) is 13.2 Å². The number of carbonyl (C=O) groups is 1. The van der Waals surface area contributed by atoms with Gasteiger partial charge in [-0.25, -0.2) is 8.42 Å². The van der Waals surface area contributed by atoms with Crippen molar-refractivity contribution in [2.24, 2.45) is 5.92 Å². The zero-order valence-electron chi connectivity index (χ0n) is 11.9. The summed E-state index contributed by atoms with van der Waals surface area (Å²) < 4.78 is 22.9. The van der Waals surface area contributed by atoms with Gasteiger partial charge in [-0.15, -0.1) is 0 Å². The van der Waals surface area contributed by atoms with E-state index in [0.717, 1.165) is 18.4 Å². The van der Waals surface area contributed by atoms with Gasteiger partial charge in [0.25, 0.3) is 0 Å². The number of amides is 1. The molecule has 5 heteroatoms. The van der Waals surface area contributed by atoms with Crippen LogP contribution >= 0.6 is 0 Å². The molecule has 0 aromatic heterocycles. The molecule has 0 radical (unpaired) electrons. The molecule has 0 unspecified atom stereocenters. The molecule has 1 aromatic carbocycles. The lowest BCUT2D eigenvalue weighted by molar-refractivity contribution is -0.120.